The van der Waals surface area contributed by atoms with Crippen molar-refractivity contribution in [3.8, 4) is 0 Å². The molecule has 2 atom stereocenters. The summed E-state index contributed by atoms with van der Waals surface area (Å²) in [7, 11) is 2.19. The summed E-state index contributed by atoms with van der Waals surface area (Å²) in [5, 5.41) is 3.63. The molecule has 5 nitrogen and oxygen atoms in total. The standard InChI is InChI=1S/C15H22N4O/c1-10-7-12(5-6-19(10)2)16-9-11-3-4-13-14(8-11)18-15(20)17-13/h3-4,8,10,12,16H,5-7,9H2,1-2H3,(H2,17,18,20)/t10-,12-/m1/s1. The van der Waals surface area contributed by atoms with Crippen LogP contribution < -0.4 is 11.0 Å². The van der Waals surface area contributed by atoms with Crippen molar-refractivity contribution in [3.05, 3.63) is 34.2 Å². The van der Waals surface area contributed by atoms with Crippen LogP contribution in [0.2, 0.25) is 0 Å². The van der Waals surface area contributed by atoms with Gasteiger partial charge in [-0.2, -0.15) is 0 Å². The first-order chi connectivity index (χ1) is 9.61. The second kappa shape index (κ2) is 5.42. The Kier molecular flexibility index (Phi) is 3.63. The third-order valence-corrected chi connectivity index (χ3v) is 4.38. The zero-order valence-corrected chi connectivity index (χ0v) is 12.1. The summed E-state index contributed by atoms with van der Waals surface area (Å²) in [6.45, 7) is 4.29. The number of benzene rings is 1. The van der Waals surface area contributed by atoms with E-state index in [1.807, 2.05) is 12.1 Å². The summed E-state index contributed by atoms with van der Waals surface area (Å²) in [6.07, 6.45) is 2.39. The Morgan fingerprint density at radius 3 is 2.95 bits per heavy atom. The highest BCUT2D eigenvalue weighted by atomic mass is 16.1. The number of hydrogen-bond acceptors (Lipinski definition) is 3. The van der Waals surface area contributed by atoms with Crippen molar-refractivity contribution in [1.82, 2.24) is 20.2 Å². The first kappa shape index (κ1) is 13.4. The van der Waals surface area contributed by atoms with E-state index in [1.165, 1.54) is 18.4 Å². The number of piperidine rings is 1. The van der Waals surface area contributed by atoms with Gasteiger partial charge in [0.2, 0.25) is 0 Å². The van der Waals surface area contributed by atoms with Crippen LogP contribution >= 0.6 is 0 Å². The van der Waals surface area contributed by atoms with Crippen LogP contribution in [-0.4, -0.2) is 40.5 Å². The van der Waals surface area contributed by atoms with E-state index in [2.05, 4.69) is 40.2 Å². The van der Waals surface area contributed by atoms with Crippen LogP contribution in [0.1, 0.15) is 25.3 Å². The molecule has 1 saturated heterocycles. The van der Waals surface area contributed by atoms with E-state index in [4.69, 9.17) is 0 Å². The first-order valence-corrected chi connectivity index (χ1v) is 7.26. The van der Waals surface area contributed by atoms with Gasteiger partial charge in [-0.3, -0.25) is 0 Å². The second-order valence-corrected chi connectivity index (χ2v) is 5.89. The number of H-pyrrole nitrogens is 2. The predicted octanol–water partition coefficient (Wildman–Crippen LogP) is 1.43. The van der Waals surface area contributed by atoms with E-state index in [0.717, 1.165) is 24.1 Å². The van der Waals surface area contributed by atoms with Gasteiger partial charge in [-0.25, -0.2) is 4.79 Å². The number of rotatable bonds is 3. The monoisotopic (exact) mass is 274 g/mol. The summed E-state index contributed by atoms with van der Waals surface area (Å²) in [6, 6.07) is 7.30. The van der Waals surface area contributed by atoms with Crippen LogP contribution in [0.5, 0.6) is 0 Å². The van der Waals surface area contributed by atoms with Crippen molar-refractivity contribution in [2.75, 3.05) is 13.6 Å². The minimum Gasteiger partial charge on any atom is -0.310 e. The summed E-state index contributed by atoms with van der Waals surface area (Å²) in [4.78, 5) is 19.2. The molecular formula is C15H22N4O. The summed E-state index contributed by atoms with van der Waals surface area (Å²) >= 11 is 0. The lowest BCUT2D eigenvalue weighted by atomic mass is 9.98. The molecule has 1 aromatic carbocycles. The number of hydrogen-bond donors (Lipinski definition) is 3. The van der Waals surface area contributed by atoms with Crippen LogP contribution in [0.3, 0.4) is 0 Å². The van der Waals surface area contributed by atoms with E-state index in [0.29, 0.717) is 12.1 Å². The number of fused-ring (bicyclic) bond motifs is 1. The maximum atomic E-state index is 11.2. The average Bonchev–Trinajstić information content (AvgIpc) is 2.79. The molecule has 1 aliphatic heterocycles. The number of likely N-dealkylation sites (tertiary alicyclic amines) is 1. The zero-order chi connectivity index (χ0) is 14.1. The Hall–Kier alpha value is -1.59. The fraction of sp³-hybridized carbons (Fsp3) is 0.533. The van der Waals surface area contributed by atoms with Crippen molar-refractivity contribution in [1.29, 1.82) is 0 Å². The fourth-order valence-corrected chi connectivity index (χ4v) is 2.93. The Morgan fingerprint density at radius 1 is 1.35 bits per heavy atom. The Labute approximate surface area is 118 Å². The third kappa shape index (κ3) is 2.78. The van der Waals surface area contributed by atoms with Crippen LogP contribution in [0.15, 0.2) is 23.0 Å². The summed E-state index contributed by atoms with van der Waals surface area (Å²) in [5.41, 5.74) is 2.81. The van der Waals surface area contributed by atoms with E-state index < -0.39 is 0 Å². The molecule has 20 heavy (non-hydrogen) atoms. The fourth-order valence-electron chi connectivity index (χ4n) is 2.93. The van der Waals surface area contributed by atoms with Crippen LogP contribution in [0.25, 0.3) is 11.0 Å². The van der Waals surface area contributed by atoms with Gasteiger partial charge in [0.05, 0.1) is 11.0 Å². The highest BCUT2D eigenvalue weighted by Crippen LogP contribution is 2.16. The molecule has 1 fully saturated rings. The topological polar surface area (TPSA) is 63.9 Å². The van der Waals surface area contributed by atoms with Gasteiger partial charge in [-0.1, -0.05) is 6.07 Å². The summed E-state index contributed by atoms with van der Waals surface area (Å²) in [5.74, 6) is 0. The lowest BCUT2D eigenvalue weighted by molar-refractivity contribution is 0.168. The second-order valence-electron chi connectivity index (χ2n) is 5.89. The molecule has 0 bridgehead atoms. The van der Waals surface area contributed by atoms with Crippen LogP contribution in [-0.2, 0) is 6.54 Å². The molecule has 0 unspecified atom stereocenters. The molecule has 3 rings (SSSR count). The molecule has 5 heteroatoms. The normalized spacial score (nSPS) is 24.3. The average molecular weight is 274 g/mol. The van der Waals surface area contributed by atoms with Gasteiger partial charge < -0.3 is 20.2 Å². The van der Waals surface area contributed by atoms with E-state index in [9.17, 15) is 4.79 Å². The molecule has 2 aromatic rings. The zero-order valence-electron chi connectivity index (χ0n) is 12.1. The van der Waals surface area contributed by atoms with Gasteiger partial charge in [0.1, 0.15) is 0 Å². The third-order valence-electron chi connectivity index (χ3n) is 4.38. The lowest BCUT2D eigenvalue weighted by Gasteiger charge is -2.35. The molecule has 2 heterocycles. The minimum absolute atomic E-state index is 0.144. The van der Waals surface area contributed by atoms with Crippen molar-refractivity contribution < 1.29 is 0 Å². The molecule has 3 N–H and O–H groups in total. The predicted molar refractivity (Wildman–Crippen MR) is 80.9 cm³/mol. The van der Waals surface area contributed by atoms with E-state index in [-0.39, 0.29) is 5.69 Å². The summed E-state index contributed by atoms with van der Waals surface area (Å²) < 4.78 is 0. The quantitative estimate of drug-likeness (QED) is 0.793. The molecule has 0 saturated carbocycles. The molecule has 0 aliphatic carbocycles. The van der Waals surface area contributed by atoms with Gasteiger partial charge in [0, 0.05) is 18.6 Å². The SMILES string of the molecule is C[C@@H]1C[C@H](NCc2ccc3[nH]c(=O)[nH]c3c2)CCN1C. The van der Waals surface area contributed by atoms with E-state index >= 15 is 0 Å². The van der Waals surface area contributed by atoms with Gasteiger partial charge in [0.15, 0.2) is 0 Å². The van der Waals surface area contributed by atoms with E-state index in [1.54, 1.807) is 0 Å². The number of nitrogens with one attached hydrogen (secondary N) is 3. The molecule has 1 aliphatic rings. The van der Waals surface area contributed by atoms with Crippen molar-refractivity contribution in [3.63, 3.8) is 0 Å². The van der Waals surface area contributed by atoms with Crippen molar-refractivity contribution in [2.24, 2.45) is 0 Å². The van der Waals surface area contributed by atoms with Crippen molar-refractivity contribution >= 4 is 11.0 Å². The lowest BCUT2D eigenvalue weighted by Crippen LogP contribution is -2.45. The highest BCUT2D eigenvalue weighted by Gasteiger charge is 2.22. The van der Waals surface area contributed by atoms with Gasteiger partial charge in [-0.05, 0) is 51.1 Å². The molecule has 0 radical (unpaired) electrons. The smallest absolute Gasteiger partial charge is 0.310 e. The first-order valence-electron chi connectivity index (χ1n) is 7.26. The maximum absolute atomic E-state index is 11.2. The Morgan fingerprint density at radius 2 is 2.15 bits per heavy atom. The molecule has 108 valence electrons. The van der Waals surface area contributed by atoms with Crippen LogP contribution in [0.4, 0.5) is 0 Å². The number of aromatic amines is 2. The molecule has 1 aromatic heterocycles. The molecular weight excluding hydrogens is 252 g/mol. The number of nitrogens with zero attached hydrogens (tertiary/aromatic N) is 1. The van der Waals surface area contributed by atoms with Gasteiger partial charge in [-0.15, -0.1) is 0 Å². The molecule has 0 amide bonds. The highest BCUT2D eigenvalue weighted by molar-refractivity contribution is 5.74. The minimum atomic E-state index is -0.144. The van der Waals surface area contributed by atoms with Gasteiger partial charge >= 0.3 is 5.69 Å². The number of imidazole rings is 1. The maximum Gasteiger partial charge on any atom is 0.323 e. The molecule has 0 spiro atoms. The van der Waals surface area contributed by atoms with Crippen molar-refractivity contribution in [2.45, 2.75) is 38.4 Å². The number of aromatic nitrogens is 2. The largest absolute Gasteiger partial charge is 0.323 e. The van der Waals surface area contributed by atoms with Crippen LogP contribution in [0, 0.1) is 0 Å². The van der Waals surface area contributed by atoms with Gasteiger partial charge in [0.25, 0.3) is 0 Å². The Bertz CT molecular complexity index is 645. The Balaban J connectivity index is 1.63.